The average Bonchev–Trinajstić information content (AvgIpc) is 3.03. The predicted molar refractivity (Wildman–Crippen MR) is 111 cm³/mol. The van der Waals surface area contributed by atoms with Crippen LogP contribution in [0.2, 0.25) is 5.02 Å². The van der Waals surface area contributed by atoms with E-state index in [9.17, 15) is 0 Å². The lowest BCUT2D eigenvalue weighted by Crippen LogP contribution is -1.99. The Labute approximate surface area is 168 Å². The fourth-order valence-electron chi connectivity index (χ4n) is 2.51. The second-order valence-corrected chi connectivity index (χ2v) is 6.92. The molecule has 0 fully saturated rings. The molecule has 0 saturated carbocycles. The standard InChI is InChI=1S/C20H21ClN4OS/c1-2-3-7-19-23-24-20(27)25(19)22-13-15-8-10-18(11-9-15)26-14-16-5-4-6-17(21)12-16/h4-6,8-13H,2-3,7,14H2,1H3,(H,24,27)/b22-13+. The number of H-pyrrole nitrogens is 1. The van der Waals surface area contributed by atoms with Crippen LogP contribution in [0.3, 0.4) is 0 Å². The number of nitrogens with one attached hydrogen (secondary N) is 1. The molecule has 0 spiro atoms. The van der Waals surface area contributed by atoms with Gasteiger partial charge in [-0.25, -0.2) is 0 Å². The van der Waals surface area contributed by atoms with E-state index >= 15 is 0 Å². The summed E-state index contributed by atoms with van der Waals surface area (Å²) in [6, 6.07) is 15.4. The van der Waals surface area contributed by atoms with Crippen molar-refractivity contribution in [3.8, 4) is 5.75 Å². The van der Waals surface area contributed by atoms with Crippen molar-refractivity contribution in [3.63, 3.8) is 0 Å². The summed E-state index contributed by atoms with van der Waals surface area (Å²) in [5.41, 5.74) is 1.98. The lowest BCUT2D eigenvalue weighted by molar-refractivity contribution is 0.306. The van der Waals surface area contributed by atoms with Gasteiger partial charge >= 0.3 is 0 Å². The van der Waals surface area contributed by atoms with E-state index in [2.05, 4.69) is 22.2 Å². The molecular formula is C20H21ClN4OS. The van der Waals surface area contributed by atoms with Crippen LogP contribution in [0.25, 0.3) is 0 Å². The molecule has 3 aromatic rings. The molecule has 7 heteroatoms. The first-order valence-corrected chi connectivity index (χ1v) is 9.62. The van der Waals surface area contributed by atoms with Crippen molar-refractivity contribution in [3.05, 3.63) is 75.3 Å². The normalized spacial score (nSPS) is 11.2. The van der Waals surface area contributed by atoms with Gasteiger partial charge in [0.05, 0.1) is 6.21 Å². The van der Waals surface area contributed by atoms with Crippen LogP contribution in [0.15, 0.2) is 53.6 Å². The van der Waals surface area contributed by atoms with Gasteiger partial charge in [0, 0.05) is 11.4 Å². The number of aromatic nitrogens is 3. The Kier molecular flexibility index (Phi) is 6.79. The first-order chi connectivity index (χ1) is 13.2. The van der Waals surface area contributed by atoms with Gasteiger partial charge in [-0.15, -0.1) is 0 Å². The third-order valence-electron chi connectivity index (χ3n) is 3.97. The summed E-state index contributed by atoms with van der Waals surface area (Å²) in [5.74, 6) is 1.63. The van der Waals surface area contributed by atoms with Gasteiger partial charge in [0.2, 0.25) is 4.77 Å². The molecule has 0 aliphatic rings. The Morgan fingerprint density at radius 3 is 2.81 bits per heavy atom. The largest absolute Gasteiger partial charge is 0.489 e. The van der Waals surface area contributed by atoms with Crippen LogP contribution in [0.4, 0.5) is 0 Å². The van der Waals surface area contributed by atoms with Gasteiger partial charge in [-0.3, -0.25) is 5.10 Å². The van der Waals surface area contributed by atoms with Crippen molar-refractivity contribution in [2.45, 2.75) is 32.8 Å². The van der Waals surface area contributed by atoms with Crippen LogP contribution in [0.5, 0.6) is 5.75 Å². The van der Waals surface area contributed by atoms with Gasteiger partial charge in [-0.05, 0) is 66.2 Å². The van der Waals surface area contributed by atoms with Gasteiger partial charge in [0.25, 0.3) is 0 Å². The first kappa shape index (κ1) is 19.3. The van der Waals surface area contributed by atoms with E-state index in [1.54, 1.807) is 10.9 Å². The van der Waals surface area contributed by atoms with Gasteiger partial charge < -0.3 is 4.74 Å². The quantitative estimate of drug-likeness (QED) is 0.407. The van der Waals surface area contributed by atoms with Crippen molar-refractivity contribution in [1.82, 2.24) is 14.9 Å². The molecule has 0 aliphatic carbocycles. The molecule has 1 heterocycles. The van der Waals surface area contributed by atoms with Gasteiger partial charge in [0.15, 0.2) is 5.82 Å². The number of aromatic amines is 1. The Balaban J connectivity index is 1.63. The molecule has 0 radical (unpaired) electrons. The zero-order valence-corrected chi connectivity index (χ0v) is 16.6. The summed E-state index contributed by atoms with van der Waals surface area (Å²) in [6.07, 6.45) is 4.76. The number of benzene rings is 2. The average molecular weight is 401 g/mol. The number of ether oxygens (including phenoxy) is 1. The van der Waals surface area contributed by atoms with E-state index in [1.807, 2.05) is 48.5 Å². The zero-order valence-electron chi connectivity index (χ0n) is 15.1. The lowest BCUT2D eigenvalue weighted by Gasteiger charge is -2.07. The molecule has 2 aromatic carbocycles. The molecule has 0 atom stereocenters. The number of unbranched alkanes of at least 4 members (excludes halogenated alkanes) is 1. The summed E-state index contributed by atoms with van der Waals surface area (Å²) in [4.78, 5) is 0. The molecule has 140 valence electrons. The maximum absolute atomic E-state index is 5.99. The zero-order chi connectivity index (χ0) is 19.1. The highest BCUT2D eigenvalue weighted by molar-refractivity contribution is 7.71. The SMILES string of the molecule is CCCCc1n[nH]c(=S)n1/N=C/c1ccc(OCc2cccc(Cl)c2)cc1. The number of aryl methyl sites for hydroxylation is 1. The summed E-state index contributed by atoms with van der Waals surface area (Å²) < 4.78 is 7.97. The van der Waals surface area contributed by atoms with Crippen LogP contribution in [-0.4, -0.2) is 21.1 Å². The number of rotatable bonds is 8. The van der Waals surface area contributed by atoms with Crippen LogP contribution < -0.4 is 4.74 Å². The first-order valence-electron chi connectivity index (χ1n) is 8.83. The number of hydrogen-bond donors (Lipinski definition) is 1. The highest BCUT2D eigenvalue weighted by Crippen LogP contribution is 2.16. The molecule has 5 nitrogen and oxygen atoms in total. The number of hydrogen-bond acceptors (Lipinski definition) is 4. The molecule has 0 bridgehead atoms. The summed E-state index contributed by atoms with van der Waals surface area (Å²) in [5, 5.41) is 12.2. The molecule has 3 rings (SSSR count). The topological polar surface area (TPSA) is 55.2 Å². The van der Waals surface area contributed by atoms with E-state index in [4.69, 9.17) is 28.6 Å². The minimum atomic E-state index is 0.471. The van der Waals surface area contributed by atoms with E-state index in [0.717, 1.165) is 42.0 Å². The summed E-state index contributed by atoms with van der Waals surface area (Å²) >= 11 is 11.2. The van der Waals surface area contributed by atoms with E-state index < -0.39 is 0 Å². The van der Waals surface area contributed by atoms with E-state index in [0.29, 0.717) is 16.4 Å². The third kappa shape index (κ3) is 5.52. The highest BCUT2D eigenvalue weighted by Gasteiger charge is 2.04. The minimum absolute atomic E-state index is 0.471. The van der Waals surface area contributed by atoms with Crippen LogP contribution in [-0.2, 0) is 13.0 Å². The fraction of sp³-hybridized carbons (Fsp3) is 0.250. The minimum Gasteiger partial charge on any atom is -0.489 e. The van der Waals surface area contributed by atoms with E-state index in [-0.39, 0.29) is 0 Å². The highest BCUT2D eigenvalue weighted by atomic mass is 35.5. The van der Waals surface area contributed by atoms with Gasteiger partial charge in [0.1, 0.15) is 12.4 Å². The Hall–Kier alpha value is -2.44. The van der Waals surface area contributed by atoms with Gasteiger partial charge in [-0.1, -0.05) is 37.1 Å². The predicted octanol–water partition coefficient (Wildman–Crippen LogP) is 5.40. The Morgan fingerprint density at radius 2 is 2.07 bits per heavy atom. The molecule has 0 amide bonds. The van der Waals surface area contributed by atoms with Crippen LogP contribution in [0, 0.1) is 4.77 Å². The lowest BCUT2D eigenvalue weighted by atomic mass is 10.2. The van der Waals surface area contributed by atoms with Crippen LogP contribution in [0.1, 0.15) is 36.7 Å². The maximum atomic E-state index is 5.99. The second kappa shape index (κ2) is 9.48. The van der Waals surface area contributed by atoms with Crippen molar-refractivity contribution in [2.24, 2.45) is 5.10 Å². The molecule has 0 saturated heterocycles. The van der Waals surface area contributed by atoms with Gasteiger partial charge in [-0.2, -0.15) is 14.9 Å². The van der Waals surface area contributed by atoms with Crippen molar-refractivity contribution in [2.75, 3.05) is 0 Å². The third-order valence-corrected chi connectivity index (χ3v) is 4.47. The number of halogens is 1. The molecule has 1 N–H and O–H groups in total. The van der Waals surface area contributed by atoms with Crippen molar-refractivity contribution >= 4 is 30.0 Å². The summed E-state index contributed by atoms with van der Waals surface area (Å²) in [7, 11) is 0. The molecular weight excluding hydrogens is 380 g/mol. The fourth-order valence-corrected chi connectivity index (χ4v) is 2.92. The van der Waals surface area contributed by atoms with E-state index in [1.165, 1.54) is 0 Å². The Morgan fingerprint density at radius 1 is 1.26 bits per heavy atom. The summed E-state index contributed by atoms with van der Waals surface area (Å²) in [6.45, 7) is 2.61. The maximum Gasteiger partial charge on any atom is 0.216 e. The number of nitrogens with zero attached hydrogens (tertiary/aromatic N) is 3. The molecule has 0 unspecified atom stereocenters. The molecule has 27 heavy (non-hydrogen) atoms. The molecule has 0 aliphatic heterocycles. The molecule has 1 aromatic heterocycles. The van der Waals surface area contributed by atoms with Crippen LogP contribution >= 0.6 is 23.8 Å². The van der Waals surface area contributed by atoms with Crippen molar-refractivity contribution in [1.29, 1.82) is 0 Å². The second-order valence-electron chi connectivity index (χ2n) is 6.09. The Bertz CT molecular complexity index is 963. The van der Waals surface area contributed by atoms with Crippen molar-refractivity contribution < 1.29 is 4.74 Å². The monoisotopic (exact) mass is 400 g/mol. The smallest absolute Gasteiger partial charge is 0.216 e.